The summed E-state index contributed by atoms with van der Waals surface area (Å²) in [6.45, 7) is 3.67. The van der Waals surface area contributed by atoms with Crippen molar-refractivity contribution in [1.82, 2.24) is 4.90 Å². The fourth-order valence-electron chi connectivity index (χ4n) is 3.47. The Morgan fingerprint density at radius 1 is 0.962 bits per heavy atom. The SMILES string of the molecule is COc1ccccc1OCc1ccccc1CCCN1CCC(O)CC1. The van der Waals surface area contributed by atoms with E-state index in [1.807, 2.05) is 24.3 Å². The van der Waals surface area contributed by atoms with Crippen LogP contribution >= 0.6 is 0 Å². The number of aryl methyl sites for hydroxylation is 1. The first-order valence-electron chi connectivity index (χ1n) is 9.49. The minimum Gasteiger partial charge on any atom is -0.493 e. The van der Waals surface area contributed by atoms with Gasteiger partial charge >= 0.3 is 0 Å². The van der Waals surface area contributed by atoms with Crippen LogP contribution in [-0.2, 0) is 13.0 Å². The lowest BCUT2D eigenvalue weighted by Crippen LogP contribution is -2.36. The van der Waals surface area contributed by atoms with E-state index in [4.69, 9.17) is 9.47 Å². The largest absolute Gasteiger partial charge is 0.493 e. The monoisotopic (exact) mass is 355 g/mol. The zero-order chi connectivity index (χ0) is 18.2. The molecule has 140 valence electrons. The second kappa shape index (κ2) is 9.60. The number of para-hydroxylation sites is 2. The number of nitrogens with zero attached hydrogens (tertiary/aromatic N) is 1. The van der Waals surface area contributed by atoms with Gasteiger partial charge in [0.25, 0.3) is 0 Å². The first-order chi connectivity index (χ1) is 12.8. The number of piperidine rings is 1. The zero-order valence-corrected chi connectivity index (χ0v) is 15.6. The molecular weight excluding hydrogens is 326 g/mol. The van der Waals surface area contributed by atoms with Crippen molar-refractivity contribution in [3.63, 3.8) is 0 Å². The Morgan fingerprint density at radius 2 is 1.62 bits per heavy atom. The van der Waals surface area contributed by atoms with E-state index in [0.717, 1.165) is 56.8 Å². The Kier molecular flexibility index (Phi) is 6.92. The van der Waals surface area contributed by atoms with Crippen molar-refractivity contribution >= 4 is 0 Å². The maximum atomic E-state index is 9.61. The molecule has 0 bridgehead atoms. The van der Waals surface area contributed by atoms with Gasteiger partial charge in [0.05, 0.1) is 13.2 Å². The van der Waals surface area contributed by atoms with Crippen molar-refractivity contribution < 1.29 is 14.6 Å². The minimum absolute atomic E-state index is 0.0981. The summed E-state index contributed by atoms with van der Waals surface area (Å²) in [6, 6.07) is 16.3. The molecule has 4 nitrogen and oxygen atoms in total. The van der Waals surface area contributed by atoms with E-state index in [-0.39, 0.29) is 6.10 Å². The van der Waals surface area contributed by atoms with Gasteiger partial charge in [-0.05, 0) is 55.5 Å². The number of aliphatic hydroxyl groups excluding tert-OH is 1. The first-order valence-corrected chi connectivity index (χ1v) is 9.49. The summed E-state index contributed by atoms with van der Waals surface area (Å²) < 4.78 is 11.4. The van der Waals surface area contributed by atoms with Gasteiger partial charge in [0.2, 0.25) is 0 Å². The van der Waals surface area contributed by atoms with E-state index >= 15 is 0 Å². The van der Waals surface area contributed by atoms with E-state index in [0.29, 0.717) is 6.61 Å². The summed E-state index contributed by atoms with van der Waals surface area (Å²) in [5.41, 5.74) is 2.58. The Morgan fingerprint density at radius 3 is 2.35 bits per heavy atom. The molecular formula is C22H29NO3. The van der Waals surface area contributed by atoms with Crippen molar-refractivity contribution in [2.75, 3.05) is 26.7 Å². The van der Waals surface area contributed by atoms with Gasteiger partial charge in [-0.15, -0.1) is 0 Å². The number of methoxy groups -OCH3 is 1. The first kappa shape index (κ1) is 18.7. The maximum absolute atomic E-state index is 9.61. The maximum Gasteiger partial charge on any atom is 0.161 e. The number of benzene rings is 2. The van der Waals surface area contributed by atoms with Gasteiger partial charge in [-0.3, -0.25) is 0 Å². The number of hydrogen-bond donors (Lipinski definition) is 1. The normalized spacial score (nSPS) is 15.8. The van der Waals surface area contributed by atoms with Crippen LogP contribution in [0.15, 0.2) is 48.5 Å². The van der Waals surface area contributed by atoms with Gasteiger partial charge in [0, 0.05) is 13.1 Å². The van der Waals surface area contributed by atoms with Crippen LogP contribution in [0.3, 0.4) is 0 Å². The number of rotatable bonds is 8. The summed E-state index contributed by atoms with van der Waals surface area (Å²) in [5, 5.41) is 9.61. The topological polar surface area (TPSA) is 41.9 Å². The van der Waals surface area contributed by atoms with E-state index in [1.165, 1.54) is 11.1 Å². The minimum atomic E-state index is -0.0981. The molecule has 0 atom stereocenters. The highest BCUT2D eigenvalue weighted by Gasteiger charge is 2.16. The molecule has 3 rings (SSSR count). The summed E-state index contributed by atoms with van der Waals surface area (Å²) in [7, 11) is 1.66. The van der Waals surface area contributed by atoms with Crippen molar-refractivity contribution in [2.45, 2.75) is 38.4 Å². The Balaban J connectivity index is 1.53. The highest BCUT2D eigenvalue weighted by atomic mass is 16.5. The van der Waals surface area contributed by atoms with Gasteiger partial charge in [-0.1, -0.05) is 36.4 Å². The average molecular weight is 355 g/mol. The van der Waals surface area contributed by atoms with Gasteiger partial charge in [0.15, 0.2) is 11.5 Å². The van der Waals surface area contributed by atoms with Crippen molar-refractivity contribution in [3.05, 3.63) is 59.7 Å². The Labute approximate surface area is 156 Å². The van der Waals surface area contributed by atoms with Gasteiger partial charge in [-0.25, -0.2) is 0 Å². The standard InChI is InChI=1S/C22H29NO3/c1-25-21-10-4-5-11-22(21)26-17-19-8-3-2-7-18(19)9-6-14-23-15-12-20(24)13-16-23/h2-5,7-8,10-11,20,24H,6,9,12-17H2,1H3. The molecule has 1 saturated heterocycles. The van der Waals surface area contributed by atoms with E-state index in [1.54, 1.807) is 7.11 Å². The summed E-state index contributed by atoms with van der Waals surface area (Å²) in [4.78, 5) is 2.46. The van der Waals surface area contributed by atoms with Gasteiger partial charge in [-0.2, -0.15) is 0 Å². The number of likely N-dealkylation sites (tertiary alicyclic amines) is 1. The van der Waals surface area contributed by atoms with E-state index in [9.17, 15) is 5.11 Å². The van der Waals surface area contributed by atoms with Crippen LogP contribution in [0.2, 0.25) is 0 Å². The molecule has 0 spiro atoms. The van der Waals surface area contributed by atoms with E-state index < -0.39 is 0 Å². The quantitative estimate of drug-likeness (QED) is 0.785. The van der Waals surface area contributed by atoms with Crippen LogP contribution in [-0.4, -0.2) is 42.9 Å². The molecule has 2 aromatic carbocycles. The van der Waals surface area contributed by atoms with Crippen LogP contribution in [0.5, 0.6) is 11.5 Å². The third-order valence-corrected chi connectivity index (χ3v) is 5.05. The molecule has 0 saturated carbocycles. The average Bonchev–Trinajstić information content (AvgIpc) is 2.69. The number of ether oxygens (including phenoxy) is 2. The molecule has 0 unspecified atom stereocenters. The number of aliphatic hydroxyl groups is 1. The summed E-state index contributed by atoms with van der Waals surface area (Å²) >= 11 is 0. The smallest absolute Gasteiger partial charge is 0.161 e. The molecule has 1 N–H and O–H groups in total. The fourth-order valence-corrected chi connectivity index (χ4v) is 3.47. The molecule has 2 aromatic rings. The Hall–Kier alpha value is -2.04. The lowest BCUT2D eigenvalue weighted by molar-refractivity contribution is 0.0821. The lowest BCUT2D eigenvalue weighted by atomic mass is 10.0. The molecule has 1 fully saturated rings. The molecule has 0 aliphatic carbocycles. The van der Waals surface area contributed by atoms with E-state index in [2.05, 4.69) is 29.2 Å². The summed E-state index contributed by atoms with van der Waals surface area (Å²) in [5.74, 6) is 1.54. The second-order valence-electron chi connectivity index (χ2n) is 6.88. The molecule has 4 heteroatoms. The highest BCUT2D eigenvalue weighted by molar-refractivity contribution is 5.39. The zero-order valence-electron chi connectivity index (χ0n) is 15.6. The summed E-state index contributed by atoms with van der Waals surface area (Å²) in [6.07, 6.45) is 3.89. The molecule has 26 heavy (non-hydrogen) atoms. The van der Waals surface area contributed by atoms with Gasteiger partial charge < -0.3 is 19.5 Å². The van der Waals surface area contributed by atoms with Crippen molar-refractivity contribution in [3.8, 4) is 11.5 Å². The molecule has 0 radical (unpaired) electrons. The molecule has 0 aromatic heterocycles. The van der Waals surface area contributed by atoms with Crippen LogP contribution in [0, 0.1) is 0 Å². The molecule has 1 aliphatic rings. The fraction of sp³-hybridized carbons (Fsp3) is 0.455. The predicted molar refractivity (Wildman–Crippen MR) is 104 cm³/mol. The number of hydrogen-bond acceptors (Lipinski definition) is 4. The van der Waals surface area contributed by atoms with Crippen LogP contribution in [0.4, 0.5) is 0 Å². The predicted octanol–water partition coefficient (Wildman–Crippen LogP) is 3.66. The Bertz CT molecular complexity index is 681. The third kappa shape index (κ3) is 5.23. The third-order valence-electron chi connectivity index (χ3n) is 5.05. The second-order valence-corrected chi connectivity index (χ2v) is 6.88. The van der Waals surface area contributed by atoms with Crippen LogP contribution in [0.25, 0.3) is 0 Å². The highest BCUT2D eigenvalue weighted by Crippen LogP contribution is 2.27. The molecule has 1 heterocycles. The van der Waals surface area contributed by atoms with Crippen LogP contribution < -0.4 is 9.47 Å². The molecule has 0 amide bonds. The van der Waals surface area contributed by atoms with Crippen molar-refractivity contribution in [1.29, 1.82) is 0 Å². The van der Waals surface area contributed by atoms with Crippen molar-refractivity contribution in [2.24, 2.45) is 0 Å². The van der Waals surface area contributed by atoms with Crippen LogP contribution in [0.1, 0.15) is 30.4 Å². The van der Waals surface area contributed by atoms with Gasteiger partial charge in [0.1, 0.15) is 6.61 Å². The molecule has 1 aliphatic heterocycles. The lowest BCUT2D eigenvalue weighted by Gasteiger charge is -2.29.